The molecule has 0 heterocycles. The van der Waals surface area contributed by atoms with Gasteiger partial charge in [0, 0.05) is 11.4 Å². The van der Waals surface area contributed by atoms with Crippen LogP contribution < -0.4 is 0 Å². The van der Waals surface area contributed by atoms with Gasteiger partial charge in [0.05, 0.1) is 6.10 Å². The fraction of sp³-hybridized carbons (Fsp3) is 1.00. The zero-order valence-corrected chi connectivity index (χ0v) is 10.3. The quantitative estimate of drug-likeness (QED) is 0.546. The second-order valence-electron chi connectivity index (χ2n) is 4.42. The second-order valence-corrected chi connectivity index (χ2v) is 5.60. The molecule has 0 bridgehead atoms. The summed E-state index contributed by atoms with van der Waals surface area (Å²) in [6, 6.07) is 0. The van der Waals surface area contributed by atoms with Crippen LogP contribution in [0.5, 0.6) is 0 Å². The van der Waals surface area contributed by atoms with E-state index in [1.807, 2.05) is 0 Å². The van der Waals surface area contributed by atoms with Crippen molar-refractivity contribution in [3.05, 3.63) is 0 Å². The van der Waals surface area contributed by atoms with Gasteiger partial charge in [-0.25, -0.2) is 0 Å². The van der Waals surface area contributed by atoms with Crippen LogP contribution >= 0.6 is 15.9 Å². The topological polar surface area (TPSA) is 9.23 Å². The molecule has 1 fully saturated rings. The maximum Gasteiger partial charge on any atom is 0.0700 e. The Labute approximate surface area is 90.4 Å². The number of halogens is 1. The number of rotatable bonds is 3. The third kappa shape index (κ3) is 4.46. The molecule has 0 radical (unpaired) electrons. The summed E-state index contributed by atoms with van der Waals surface area (Å²) < 4.78 is 5.89. The molecule has 1 saturated carbocycles. The summed E-state index contributed by atoms with van der Waals surface area (Å²) in [5.74, 6) is 0.656. The summed E-state index contributed by atoms with van der Waals surface area (Å²) in [6.45, 7) is 5.33. The van der Waals surface area contributed by atoms with Gasteiger partial charge >= 0.3 is 0 Å². The first-order valence-corrected chi connectivity index (χ1v) is 6.37. The van der Waals surface area contributed by atoms with Crippen molar-refractivity contribution >= 4 is 15.9 Å². The van der Waals surface area contributed by atoms with Gasteiger partial charge in [-0.3, -0.25) is 0 Å². The van der Waals surface area contributed by atoms with E-state index < -0.39 is 0 Å². The number of alkyl halides is 1. The number of ether oxygens (including phenoxy) is 1. The zero-order valence-electron chi connectivity index (χ0n) is 8.76. The predicted molar refractivity (Wildman–Crippen MR) is 60.4 cm³/mol. The first-order chi connectivity index (χ1) is 6.20. The van der Waals surface area contributed by atoms with Crippen LogP contribution in [0.2, 0.25) is 0 Å². The van der Waals surface area contributed by atoms with Gasteiger partial charge in [-0.1, -0.05) is 49.0 Å². The van der Waals surface area contributed by atoms with Crippen LogP contribution in [0.4, 0.5) is 0 Å². The van der Waals surface area contributed by atoms with Crippen LogP contribution in [-0.4, -0.2) is 17.5 Å². The van der Waals surface area contributed by atoms with Crippen LogP contribution in [0.1, 0.15) is 46.0 Å². The van der Waals surface area contributed by atoms with E-state index in [0.717, 1.165) is 6.61 Å². The molecular weight excluding hydrogens is 228 g/mol. The Morgan fingerprint density at radius 2 is 1.92 bits per heavy atom. The van der Waals surface area contributed by atoms with Gasteiger partial charge in [0.25, 0.3) is 0 Å². The molecule has 2 unspecified atom stereocenters. The molecule has 2 atom stereocenters. The van der Waals surface area contributed by atoms with Crippen molar-refractivity contribution < 1.29 is 4.74 Å². The van der Waals surface area contributed by atoms with Crippen LogP contribution in [-0.2, 0) is 4.74 Å². The van der Waals surface area contributed by atoms with Crippen molar-refractivity contribution in [1.29, 1.82) is 0 Å². The number of hydrogen-bond donors (Lipinski definition) is 0. The third-order valence-electron chi connectivity index (χ3n) is 2.52. The lowest BCUT2D eigenvalue weighted by molar-refractivity contribution is 0.0317. The lowest BCUT2D eigenvalue weighted by atomic mass is 10.1. The van der Waals surface area contributed by atoms with Crippen molar-refractivity contribution in [1.82, 2.24) is 0 Å². The lowest BCUT2D eigenvalue weighted by Gasteiger charge is -2.21. The first-order valence-electron chi connectivity index (χ1n) is 5.46. The Bertz CT molecular complexity index is 136. The predicted octanol–water partition coefficient (Wildman–Crippen LogP) is 3.76. The van der Waals surface area contributed by atoms with Crippen LogP contribution in [0, 0.1) is 5.92 Å². The third-order valence-corrected chi connectivity index (χ3v) is 3.56. The molecule has 0 amide bonds. The van der Waals surface area contributed by atoms with Gasteiger partial charge in [-0.15, -0.1) is 0 Å². The summed E-state index contributed by atoms with van der Waals surface area (Å²) in [6.07, 6.45) is 7.06. The van der Waals surface area contributed by atoms with Crippen molar-refractivity contribution in [2.75, 3.05) is 6.61 Å². The van der Waals surface area contributed by atoms with Gasteiger partial charge in [-0.05, 0) is 18.8 Å². The molecule has 0 spiro atoms. The van der Waals surface area contributed by atoms with Gasteiger partial charge < -0.3 is 4.74 Å². The van der Waals surface area contributed by atoms with Gasteiger partial charge in [0.1, 0.15) is 0 Å². The van der Waals surface area contributed by atoms with E-state index >= 15 is 0 Å². The zero-order chi connectivity index (χ0) is 9.68. The van der Waals surface area contributed by atoms with E-state index in [1.54, 1.807) is 0 Å². The normalized spacial score (nSPS) is 30.5. The fourth-order valence-electron chi connectivity index (χ4n) is 1.73. The molecular formula is C11H21BrO. The van der Waals surface area contributed by atoms with E-state index in [9.17, 15) is 0 Å². The summed E-state index contributed by atoms with van der Waals surface area (Å²) in [7, 11) is 0. The van der Waals surface area contributed by atoms with Gasteiger partial charge in [0.15, 0.2) is 0 Å². The molecule has 13 heavy (non-hydrogen) atoms. The minimum Gasteiger partial charge on any atom is -0.377 e. The molecule has 0 N–H and O–H groups in total. The highest BCUT2D eigenvalue weighted by molar-refractivity contribution is 9.09. The summed E-state index contributed by atoms with van der Waals surface area (Å²) >= 11 is 3.73. The SMILES string of the molecule is CC(C)COC1CCCCCC1Br. The maximum absolute atomic E-state index is 5.89. The average molecular weight is 249 g/mol. The molecule has 0 aromatic carbocycles. The summed E-state index contributed by atoms with van der Waals surface area (Å²) in [5.41, 5.74) is 0. The summed E-state index contributed by atoms with van der Waals surface area (Å²) in [5, 5.41) is 0. The highest BCUT2D eigenvalue weighted by Crippen LogP contribution is 2.26. The minimum atomic E-state index is 0.463. The Hall–Kier alpha value is 0.440. The smallest absolute Gasteiger partial charge is 0.0700 e. The van der Waals surface area contributed by atoms with Crippen molar-refractivity contribution in [2.45, 2.75) is 56.9 Å². The number of hydrogen-bond acceptors (Lipinski definition) is 1. The summed E-state index contributed by atoms with van der Waals surface area (Å²) in [4.78, 5) is 0.591. The van der Waals surface area contributed by atoms with Gasteiger partial charge in [0.2, 0.25) is 0 Å². The molecule has 1 aliphatic carbocycles. The van der Waals surface area contributed by atoms with E-state index in [2.05, 4.69) is 29.8 Å². The van der Waals surface area contributed by atoms with Crippen molar-refractivity contribution in [3.8, 4) is 0 Å². The monoisotopic (exact) mass is 248 g/mol. The molecule has 1 rings (SSSR count). The molecule has 0 aromatic rings. The highest BCUT2D eigenvalue weighted by Gasteiger charge is 2.21. The van der Waals surface area contributed by atoms with Crippen LogP contribution in [0.3, 0.4) is 0 Å². The molecule has 1 aliphatic rings. The van der Waals surface area contributed by atoms with Gasteiger partial charge in [-0.2, -0.15) is 0 Å². The molecule has 78 valence electrons. The first kappa shape index (κ1) is 11.5. The standard InChI is InChI=1S/C11H21BrO/c1-9(2)8-13-11-7-5-3-4-6-10(11)12/h9-11H,3-8H2,1-2H3. The van der Waals surface area contributed by atoms with Crippen LogP contribution in [0.15, 0.2) is 0 Å². The Kier molecular flexibility index (Phi) is 5.34. The van der Waals surface area contributed by atoms with Crippen LogP contribution in [0.25, 0.3) is 0 Å². The van der Waals surface area contributed by atoms with E-state index in [4.69, 9.17) is 4.74 Å². The molecule has 0 aliphatic heterocycles. The van der Waals surface area contributed by atoms with E-state index in [-0.39, 0.29) is 0 Å². The average Bonchev–Trinajstić information content (AvgIpc) is 2.27. The lowest BCUT2D eigenvalue weighted by Crippen LogP contribution is -2.24. The maximum atomic E-state index is 5.89. The largest absolute Gasteiger partial charge is 0.377 e. The fourth-order valence-corrected chi connectivity index (χ4v) is 2.47. The second kappa shape index (κ2) is 6.02. The Morgan fingerprint density at radius 3 is 2.62 bits per heavy atom. The van der Waals surface area contributed by atoms with E-state index in [1.165, 1.54) is 32.1 Å². The van der Waals surface area contributed by atoms with E-state index in [0.29, 0.717) is 16.8 Å². The minimum absolute atomic E-state index is 0.463. The highest BCUT2D eigenvalue weighted by atomic mass is 79.9. The Morgan fingerprint density at radius 1 is 1.23 bits per heavy atom. The van der Waals surface area contributed by atoms with Crippen molar-refractivity contribution in [2.24, 2.45) is 5.92 Å². The molecule has 2 heteroatoms. The van der Waals surface area contributed by atoms with Crippen molar-refractivity contribution in [3.63, 3.8) is 0 Å². The molecule has 0 aromatic heterocycles. The molecule has 0 saturated heterocycles. The molecule has 1 nitrogen and oxygen atoms in total. The Balaban J connectivity index is 2.27.